The molecule has 43 heavy (non-hydrogen) atoms. The molecule has 0 spiro atoms. The Kier molecular flexibility index (Phi) is 8.37. The van der Waals surface area contributed by atoms with Crippen LogP contribution in [0.25, 0.3) is 33.3 Å². The molecule has 7 nitrogen and oxygen atoms in total. The van der Waals surface area contributed by atoms with Crippen molar-refractivity contribution in [3.63, 3.8) is 0 Å². The first-order valence-electron chi connectivity index (χ1n) is 16.6. The molecule has 226 valence electrons. The van der Waals surface area contributed by atoms with Crippen molar-refractivity contribution in [3.8, 4) is 22.3 Å². The molecule has 0 amide bonds. The summed E-state index contributed by atoms with van der Waals surface area (Å²) in [4.78, 5) is 5.19. The lowest BCUT2D eigenvalue weighted by molar-refractivity contribution is 0.638. The third-order valence-corrected chi connectivity index (χ3v) is 10.1. The summed E-state index contributed by atoms with van der Waals surface area (Å²) in [5.41, 5.74) is 14.5. The molecule has 7 rings (SSSR count). The van der Waals surface area contributed by atoms with E-state index in [9.17, 15) is 0 Å². The minimum atomic E-state index is 0.801. The highest BCUT2D eigenvalue weighted by atomic mass is 32.2. The van der Waals surface area contributed by atoms with E-state index in [0.29, 0.717) is 0 Å². The van der Waals surface area contributed by atoms with Gasteiger partial charge in [0.2, 0.25) is 0 Å². The van der Waals surface area contributed by atoms with Gasteiger partial charge in [0.15, 0.2) is 0 Å². The quantitative estimate of drug-likeness (QED) is 0.125. The number of hydrogen-bond acceptors (Lipinski definition) is 7. The first-order valence-corrected chi connectivity index (χ1v) is 17.5. The van der Waals surface area contributed by atoms with Crippen molar-refractivity contribution in [1.82, 2.24) is 15.4 Å². The summed E-state index contributed by atoms with van der Waals surface area (Å²) in [6, 6.07) is 14.1. The molecular weight excluding hydrogens is 551 g/mol. The van der Waals surface area contributed by atoms with Crippen LogP contribution >= 0.6 is 11.9 Å². The van der Waals surface area contributed by atoms with Gasteiger partial charge in [-0.15, -0.1) is 0 Å². The van der Waals surface area contributed by atoms with Crippen molar-refractivity contribution >= 4 is 45.7 Å². The maximum absolute atomic E-state index is 4.78. The maximum Gasteiger partial charge on any atom is 0.123 e. The van der Waals surface area contributed by atoms with E-state index in [4.69, 9.17) is 10.2 Å². The number of aromatic nitrogens is 3. The molecule has 0 saturated heterocycles. The summed E-state index contributed by atoms with van der Waals surface area (Å²) in [5.74, 6) is 0.801. The van der Waals surface area contributed by atoms with Gasteiger partial charge in [0.1, 0.15) is 11.0 Å². The first-order chi connectivity index (χ1) is 21.3. The van der Waals surface area contributed by atoms with E-state index >= 15 is 0 Å². The van der Waals surface area contributed by atoms with Crippen molar-refractivity contribution in [2.75, 3.05) is 51.9 Å². The number of aryl methyl sites for hydroxylation is 2. The van der Waals surface area contributed by atoms with Gasteiger partial charge in [-0.25, -0.2) is 0 Å². The monoisotopic (exact) mass is 595 g/mol. The molecule has 0 saturated carbocycles. The Morgan fingerprint density at radius 2 is 1.28 bits per heavy atom. The minimum Gasteiger partial charge on any atom is -0.372 e. The van der Waals surface area contributed by atoms with E-state index in [0.717, 1.165) is 78.4 Å². The lowest BCUT2D eigenvalue weighted by atomic mass is 9.90. The predicted molar refractivity (Wildman–Crippen MR) is 185 cm³/mol. The summed E-state index contributed by atoms with van der Waals surface area (Å²) in [6.07, 6.45) is 12.3. The van der Waals surface area contributed by atoms with Crippen molar-refractivity contribution in [3.05, 3.63) is 47.5 Å². The number of H-pyrrole nitrogens is 1. The largest absolute Gasteiger partial charge is 0.372 e. The lowest BCUT2D eigenvalue weighted by Crippen LogP contribution is -2.30. The van der Waals surface area contributed by atoms with Crippen LogP contribution in [0.3, 0.4) is 0 Å². The Morgan fingerprint density at radius 3 is 1.84 bits per heavy atom. The fourth-order valence-electron chi connectivity index (χ4n) is 7.35. The van der Waals surface area contributed by atoms with E-state index in [1.807, 2.05) is 0 Å². The molecular formula is C35H45N7S. The molecule has 8 heteroatoms. The third-order valence-electron chi connectivity index (χ3n) is 9.50. The second-order valence-corrected chi connectivity index (χ2v) is 13.2. The highest BCUT2D eigenvalue weighted by Gasteiger charge is 2.28. The number of unbranched alkanes of at least 4 members (excludes halogenated alkanes) is 4. The zero-order valence-corrected chi connectivity index (χ0v) is 26.6. The molecule has 4 aromatic rings. The van der Waals surface area contributed by atoms with Gasteiger partial charge in [-0.3, -0.25) is 0 Å². The van der Waals surface area contributed by atoms with Crippen LogP contribution in [0.2, 0.25) is 0 Å². The number of anilines is 4. The van der Waals surface area contributed by atoms with Crippen LogP contribution in [0.1, 0.15) is 76.3 Å². The summed E-state index contributed by atoms with van der Waals surface area (Å²) >= 11 is 1.70. The van der Waals surface area contributed by atoms with Crippen LogP contribution in [0.5, 0.6) is 0 Å². The number of hydrogen-bond donors (Lipinski definition) is 3. The Morgan fingerprint density at radius 1 is 0.721 bits per heavy atom. The lowest BCUT2D eigenvalue weighted by Gasteiger charge is -2.32. The van der Waals surface area contributed by atoms with Gasteiger partial charge >= 0.3 is 0 Å². The number of nitrogens with zero attached hydrogens (tertiary/aromatic N) is 4. The highest BCUT2D eigenvalue weighted by Crippen LogP contribution is 2.50. The van der Waals surface area contributed by atoms with Gasteiger partial charge in [0, 0.05) is 48.7 Å². The molecule has 3 N–H and O–H groups in total. The topological polar surface area (TPSA) is 72.1 Å². The van der Waals surface area contributed by atoms with Crippen molar-refractivity contribution in [2.45, 2.75) is 78.1 Å². The molecule has 3 aliphatic rings. The van der Waals surface area contributed by atoms with Crippen LogP contribution in [-0.2, 0) is 12.8 Å². The van der Waals surface area contributed by atoms with E-state index in [2.05, 4.69) is 75.3 Å². The van der Waals surface area contributed by atoms with Crippen LogP contribution in [0, 0.1) is 0 Å². The predicted octanol–water partition coefficient (Wildman–Crippen LogP) is 8.62. The van der Waals surface area contributed by atoms with Gasteiger partial charge in [-0.1, -0.05) is 51.7 Å². The summed E-state index contributed by atoms with van der Waals surface area (Å²) < 4.78 is 3.70. The van der Waals surface area contributed by atoms with E-state index in [1.165, 1.54) is 85.0 Å². The summed E-state index contributed by atoms with van der Waals surface area (Å²) in [6.45, 7) is 9.18. The zero-order valence-electron chi connectivity index (χ0n) is 25.8. The average molecular weight is 596 g/mol. The third kappa shape index (κ3) is 5.43. The molecule has 0 radical (unpaired) electrons. The fraction of sp³-hybridized carbons (Fsp3) is 0.486. The average Bonchev–Trinajstić information content (AvgIpc) is 3.52. The SMILES string of the molecule is CCCCCN1CCCc2cc(-c3c4c(c(-c5ccc6c(c5)CCCN6CCCCC)c5n[nH]nc35)NSCN4)ccc21. The second-order valence-electron chi connectivity index (χ2n) is 12.4. The van der Waals surface area contributed by atoms with E-state index in [-0.39, 0.29) is 0 Å². The van der Waals surface area contributed by atoms with Gasteiger partial charge < -0.3 is 19.8 Å². The van der Waals surface area contributed by atoms with E-state index < -0.39 is 0 Å². The number of nitrogens with one attached hydrogen (secondary N) is 3. The molecule has 0 atom stereocenters. The Labute approximate surface area is 260 Å². The van der Waals surface area contributed by atoms with Crippen LogP contribution < -0.4 is 19.8 Å². The molecule has 3 aromatic carbocycles. The number of aromatic amines is 1. The summed E-state index contributed by atoms with van der Waals surface area (Å²) in [7, 11) is 0. The molecule has 1 aromatic heterocycles. The zero-order chi connectivity index (χ0) is 29.2. The second kappa shape index (κ2) is 12.7. The van der Waals surface area contributed by atoms with Crippen LogP contribution in [-0.4, -0.2) is 47.5 Å². The Balaban J connectivity index is 1.30. The minimum absolute atomic E-state index is 0.801. The van der Waals surface area contributed by atoms with Gasteiger partial charge in [0.05, 0.1) is 17.3 Å². The molecule has 3 aliphatic heterocycles. The van der Waals surface area contributed by atoms with E-state index in [1.54, 1.807) is 11.9 Å². The molecule has 0 aliphatic carbocycles. The van der Waals surface area contributed by atoms with Crippen molar-refractivity contribution in [2.24, 2.45) is 0 Å². The Hall–Kier alpha value is -3.39. The highest BCUT2D eigenvalue weighted by molar-refractivity contribution is 8.00. The first kappa shape index (κ1) is 28.4. The smallest absolute Gasteiger partial charge is 0.123 e. The number of rotatable bonds is 10. The summed E-state index contributed by atoms with van der Waals surface area (Å²) in [5, 5.41) is 16.3. The Bertz CT molecular complexity index is 1480. The maximum atomic E-state index is 4.78. The van der Waals surface area contributed by atoms with Crippen molar-refractivity contribution in [1.29, 1.82) is 0 Å². The van der Waals surface area contributed by atoms with Gasteiger partial charge in [0.25, 0.3) is 0 Å². The van der Waals surface area contributed by atoms with Gasteiger partial charge in [-0.05, 0) is 97.0 Å². The normalized spacial score (nSPS) is 16.0. The number of fused-ring (bicyclic) bond motifs is 4. The fourth-order valence-corrected chi connectivity index (χ4v) is 7.99. The number of benzene rings is 3. The standard InChI is InChI=1S/C35H45N7S/c1-3-5-7-17-41-19-9-11-24-21-26(13-15-28(24)41)30-32-35(39-43-23-36-32)31(34-33(30)37-40-38-34)27-14-16-29-25(22-27)12-10-20-42(29)18-8-6-4-2/h13-16,21-22,36,39H,3-12,17-20,23H2,1-2H3,(H,37,38,40). The molecule has 4 heterocycles. The van der Waals surface area contributed by atoms with Crippen molar-refractivity contribution < 1.29 is 0 Å². The van der Waals surface area contributed by atoms with Gasteiger partial charge in [-0.2, -0.15) is 15.4 Å². The molecule has 0 unspecified atom stereocenters. The van der Waals surface area contributed by atoms with Crippen LogP contribution in [0.15, 0.2) is 36.4 Å². The van der Waals surface area contributed by atoms with Crippen LogP contribution in [0.4, 0.5) is 22.7 Å². The molecule has 0 fully saturated rings. The molecule has 0 bridgehead atoms.